The second-order valence-electron chi connectivity index (χ2n) is 5.76. The van der Waals surface area contributed by atoms with E-state index in [1.807, 2.05) is 11.4 Å². The summed E-state index contributed by atoms with van der Waals surface area (Å²) in [6.07, 6.45) is 6.32. The minimum absolute atomic E-state index is 0.0148. The first-order chi connectivity index (χ1) is 10.2. The molecule has 1 heterocycles. The zero-order valence-corrected chi connectivity index (χ0v) is 13.3. The Balaban J connectivity index is 1.90. The van der Waals surface area contributed by atoms with Gasteiger partial charge in [0.2, 0.25) is 0 Å². The molecule has 1 saturated carbocycles. The first-order valence-corrected chi connectivity index (χ1v) is 8.56. The summed E-state index contributed by atoms with van der Waals surface area (Å²) >= 11 is 1.48. The van der Waals surface area contributed by atoms with Gasteiger partial charge in [0, 0.05) is 17.8 Å². The van der Waals surface area contributed by atoms with Gasteiger partial charge in [0.1, 0.15) is 0 Å². The molecule has 1 aromatic heterocycles. The van der Waals surface area contributed by atoms with Crippen LogP contribution in [0.4, 0.5) is 0 Å². The van der Waals surface area contributed by atoms with E-state index < -0.39 is 0 Å². The molecule has 114 valence electrons. The van der Waals surface area contributed by atoms with Crippen molar-refractivity contribution < 1.29 is 9.90 Å². The Labute approximate surface area is 130 Å². The van der Waals surface area contributed by atoms with Crippen molar-refractivity contribution in [3.8, 4) is 11.8 Å². The Morgan fingerprint density at radius 1 is 1.43 bits per heavy atom. The van der Waals surface area contributed by atoms with Crippen LogP contribution in [0, 0.1) is 17.8 Å². The maximum atomic E-state index is 12.3. The van der Waals surface area contributed by atoms with Gasteiger partial charge in [-0.2, -0.15) is 0 Å². The molecular weight excluding hydrogens is 282 g/mol. The van der Waals surface area contributed by atoms with Crippen LogP contribution in [0.2, 0.25) is 0 Å². The highest BCUT2D eigenvalue weighted by atomic mass is 32.1. The average molecular weight is 305 g/mol. The lowest BCUT2D eigenvalue weighted by atomic mass is 10.0. The SMILES string of the molecule is CC1CCCC(NC(=O)c2csc(C#CCCO)c2)CC1. The number of hydrogen-bond acceptors (Lipinski definition) is 3. The zero-order chi connectivity index (χ0) is 15.1. The van der Waals surface area contributed by atoms with Crippen LogP contribution >= 0.6 is 11.3 Å². The van der Waals surface area contributed by atoms with Gasteiger partial charge in [-0.25, -0.2) is 0 Å². The molecule has 2 atom stereocenters. The Morgan fingerprint density at radius 2 is 2.29 bits per heavy atom. The van der Waals surface area contributed by atoms with E-state index in [0.717, 1.165) is 23.6 Å². The molecule has 0 aliphatic heterocycles. The molecule has 0 spiro atoms. The third-order valence-corrected chi connectivity index (χ3v) is 4.75. The van der Waals surface area contributed by atoms with E-state index >= 15 is 0 Å². The first-order valence-electron chi connectivity index (χ1n) is 7.68. The van der Waals surface area contributed by atoms with Crippen molar-refractivity contribution in [1.29, 1.82) is 0 Å². The second kappa shape index (κ2) is 8.21. The van der Waals surface area contributed by atoms with E-state index in [-0.39, 0.29) is 12.5 Å². The molecule has 2 N–H and O–H groups in total. The van der Waals surface area contributed by atoms with E-state index in [1.54, 1.807) is 0 Å². The maximum Gasteiger partial charge on any atom is 0.252 e. The number of hydrogen-bond donors (Lipinski definition) is 2. The van der Waals surface area contributed by atoms with E-state index in [1.165, 1.54) is 30.6 Å². The number of carbonyl (C=O) groups is 1. The van der Waals surface area contributed by atoms with Crippen molar-refractivity contribution in [2.24, 2.45) is 5.92 Å². The van der Waals surface area contributed by atoms with Gasteiger partial charge >= 0.3 is 0 Å². The van der Waals surface area contributed by atoms with Gasteiger partial charge in [0.25, 0.3) is 5.91 Å². The lowest BCUT2D eigenvalue weighted by Gasteiger charge is -2.15. The van der Waals surface area contributed by atoms with Gasteiger partial charge in [0.15, 0.2) is 0 Å². The molecule has 1 amide bonds. The summed E-state index contributed by atoms with van der Waals surface area (Å²) in [5.41, 5.74) is 0.700. The summed E-state index contributed by atoms with van der Waals surface area (Å²) in [7, 11) is 0. The summed E-state index contributed by atoms with van der Waals surface area (Å²) in [6, 6.07) is 2.15. The number of aliphatic hydroxyl groups is 1. The van der Waals surface area contributed by atoms with Crippen molar-refractivity contribution >= 4 is 17.2 Å². The smallest absolute Gasteiger partial charge is 0.252 e. The molecule has 1 aromatic rings. The fourth-order valence-electron chi connectivity index (χ4n) is 2.63. The number of thiophene rings is 1. The quantitative estimate of drug-likeness (QED) is 0.665. The molecular formula is C17H23NO2S. The zero-order valence-electron chi connectivity index (χ0n) is 12.5. The van der Waals surface area contributed by atoms with Crippen LogP contribution in [0.1, 0.15) is 60.7 Å². The summed E-state index contributed by atoms with van der Waals surface area (Å²) in [5, 5.41) is 13.7. The molecule has 0 aromatic carbocycles. The summed E-state index contributed by atoms with van der Waals surface area (Å²) in [5.74, 6) is 6.64. The topological polar surface area (TPSA) is 49.3 Å². The summed E-state index contributed by atoms with van der Waals surface area (Å²) in [4.78, 5) is 13.1. The van der Waals surface area contributed by atoms with Crippen molar-refractivity contribution in [3.63, 3.8) is 0 Å². The van der Waals surface area contributed by atoms with Crippen molar-refractivity contribution in [2.75, 3.05) is 6.61 Å². The summed E-state index contributed by atoms with van der Waals surface area (Å²) in [6.45, 7) is 2.37. The fraction of sp³-hybridized carbons (Fsp3) is 0.588. The highest BCUT2D eigenvalue weighted by molar-refractivity contribution is 7.10. The Morgan fingerprint density at radius 3 is 3.10 bits per heavy atom. The predicted molar refractivity (Wildman–Crippen MR) is 86.4 cm³/mol. The molecule has 1 fully saturated rings. The Hall–Kier alpha value is -1.31. The van der Waals surface area contributed by atoms with Crippen LogP contribution in [-0.2, 0) is 0 Å². The molecule has 2 rings (SSSR count). The highest BCUT2D eigenvalue weighted by Crippen LogP contribution is 2.23. The van der Waals surface area contributed by atoms with Crippen molar-refractivity contribution in [1.82, 2.24) is 5.32 Å². The van der Waals surface area contributed by atoms with Crippen LogP contribution in [0.5, 0.6) is 0 Å². The molecule has 1 aliphatic rings. The van der Waals surface area contributed by atoms with Crippen molar-refractivity contribution in [3.05, 3.63) is 21.9 Å². The average Bonchev–Trinajstić information content (AvgIpc) is 2.84. The largest absolute Gasteiger partial charge is 0.395 e. The van der Waals surface area contributed by atoms with E-state index in [4.69, 9.17) is 5.11 Å². The van der Waals surface area contributed by atoms with Gasteiger partial charge < -0.3 is 10.4 Å². The van der Waals surface area contributed by atoms with Gasteiger partial charge in [-0.15, -0.1) is 11.3 Å². The molecule has 3 nitrogen and oxygen atoms in total. The summed E-state index contributed by atoms with van der Waals surface area (Å²) < 4.78 is 0. The van der Waals surface area contributed by atoms with Crippen LogP contribution in [0.15, 0.2) is 11.4 Å². The first kappa shape index (κ1) is 16.1. The third-order valence-electron chi connectivity index (χ3n) is 3.90. The maximum absolute atomic E-state index is 12.3. The van der Waals surface area contributed by atoms with Crippen molar-refractivity contribution in [2.45, 2.75) is 51.5 Å². The lowest BCUT2D eigenvalue weighted by Crippen LogP contribution is -2.34. The lowest BCUT2D eigenvalue weighted by molar-refractivity contribution is 0.0933. The van der Waals surface area contributed by atoms with Gasteiger partial charge in [-0.1, -0.05) is 31.6 Å². The predicted octanol–water partition coefficient (Wildman–Crippen LogP) is 3.18. The van der Waals surface area contributed by atoms with Gasteiger partial charge in [-0.05, 0) is 31.2 Å². The van der Waals surface area contributed by atoms with Crippen LogP contribution in [0.25, 0.3) is 0 Å². The van der Waals surface area contributed by atoms with Gasteiger partial charge in [-0.3, -0.25) is 4.79 Å². The molecule has 0 radical (unpaired) electrons. The second-order valence-corrected chi connectivity index (χ2v) is 6.67. The minimum atomic E-state index is 0.0148. The molecule has 4 heteroatoms. The normalized spacial score (nSPS) is 22.0. The molecule has 2 unspecified atom stereocenters. The molecule has 0 bridgehead atoms. The number of amides is 1. The Bertz CT molecular complexity index is 526. The number of rotatable bonds is 3. The van der Waals surface area contributed by atoms with Crippen LogP contribution in [0.3, 0.4) is 0 Å². The fourth-order valence-corrected chi connectivity index (χ4v) is 3.38. The standard InChI is InChI=1S/C17H23NO2S/c1-13-5-4-6-15(9-8-13)18-17(20)14-11-16(21-12-14)7-2-3-10-19/h11-13,15,19H,3-6,8-10H2,1H3,(H,18,20). The highest BCUT2D eigenvalue weighted by Gasteiger charge is 2.19. The van der Waals surface area contributed by atoms with E-state index in [9.17, 15) is 4.79 Å². The third kappa shape index (κ3) is 5.18. The monoisotopic (exact) mass is 305 g/mol. The molecule has 1 aliphatic carbocycles. The number of nitrogens with one attached hydrogen (secondary N) is 1. The molecule has 21 heavy (non-hydrogen) atoms. The minimum Gasteiger partial charge on any atom is -0.395 e. The van der Waals surface area contributed by atoms with Crippen LogP contribution in [-0.4, -0.2) is 23.7 Å². The Kier molecular flexibility index (Phi) is 6.28. The van der Waals surface area contributed by atoms with E-state index in [0.29, 0.717) is 18.0 Å². The number of aliphatic hydroxyl groups excluding tert-OH is 1. The molecule has 0 saturated heterocycles. The number of carbonyl (C=O) groups excluding carboxylic acids is 1. The van der Waals surface area contributed by atoms with Crippen LogP contribution < -0.4 is 5.32 Å². The van der Waals surface area contributed by atoms with E-state index in [2.05, 4.69) is 24.1 Å². The van der Waals surface area contributed by atoms with Gasteiger partial charge in [0.05, 0.1) is 17.0 Å².